The van der Waals surface area contributed by atoms with Gasteiger partial charge in [-0.1, -0.05) is 23.5 Å². The minimum atomic E-state index is -0.377. The molecule has 27 heavy (non-hydrogen) atoms. The molecule has 4 rings (SSSR count). The summed E-state index contributed by atoms with van der Waals surface area (Å²) in [6.07, 6.45) is 5.14. The number of benzene rings is 2. The Balaban J connectivity index is 1.59. The maximum atomic E-state index is 11.2. The van der Waals surface area contributed by atoms with Crippen LogP contribution >= 0.6 is 11.3 Å². The van der Waals surface area contributed by atoms with Gasteiger partial charge in [-0.15, -0.1) is 0 Å². The average molecular weight is 381 g/mol. The number of piperidine rings is 1. The maximum Gasteiger partial charge on any atom is 0.270 e. The molecule has 2 heterocycles. The van der Waals surface area contributed by atoms with Gasteiger partial charge in [0.25, 0.3) is 5.69 Å². The van der Waals surface area contributed by atoms with E-state index in [0.717, 1.165) is 47.4 Å². The molecule has 8 heteroatoms. The van der Waals surface area contributed by atoms with Gasteiger partial charge in [-0.05, 0) is 37.5 Å². The minimum Gasteiger partial charge on any atom is -0.371 e. The van der Waals surface area contributed by atoms with E-state index in [2.05, 4.69) is 20.4 Å². The molecule has 7 nitrogen and oxygen atoms in total. The molecule has 0 radical (unpaired) electrons. The van der Waals surface area contributed by atoms with Crippen LogP contribution in [0.2, 0.25) is 0 Å². The van der Waals surface area contributed by atoms with Gasteiger partial charge in [0.05, 0.1) is 21.4 Å². The van der Waals surface area contributed by atoms with E-state index in [-0.39, 0.29) is 10.6 Å². The first-order chi connectivity index (χ1) is 13.2. The zero-order valence-corrected chi connectivity index (χ0v) is 15.5. The van der Waals surface area contributed by atoms with E-state index in [1.807, 2.05) is 30.3 Å². The van der Waals surface area contributed by atoms with Gasteiger partial charge in [0.1, 0.15) is 0 Å². The fourth-order valence-corrected chi connectivity index (χ4v) is 4.07. The normalized spacial score (nSPS) is 14.7. The molecule has 138 valence electrons. The minimum absolute atomic E-state index is 0.0668. The topological polar surface area (TPSA) is 83.7 Å². The van der Waals surface area contributed by atoms with Crippen LogP contribution in [0.25, 0.3) is 10.2 Å². The second-order valence-corrected chi connectivity index (χ2v) is 7.44. The van der Waals surface area contributed by atoms with Crippen LogP contribution < -0.4 is 10.3 Å². The Morgan fingerprint density at radius 3 is 2.78 bits per heavy atom. The van der Waals surface area contributed by atoms with Crippen molar-refractivity contribution in [1.29, 1.82) is 0 Å². The summed E-state index contributed by atoms with van der Waals surface area (Å²) in [5.41, 5.74) is 5.66. The molecule has 0 aliphatic carbocycles. The number of non-ortho nitro benzene ring substituents is 1. The van der Waals surface area contributed by atoms with Gasteiger partial charge in [-0.2, -0.15) is 5.10 Å². The number of nitro benzene ring substituents is 1. The monoisotopic (exact) mass is 381 g/mol. The van der Waals surface area contributed by atoms with Crippen LogP contribution in [0, 0.1) is 10.1 Å². The first kappa shape index (κ1) is 17.4. The van der Waals surface area contributed by atoms with E-state index in [0.29, 0.717) is 5.13 Å². The van der Waals surface area contributed by atoms with Crippen molar-refractivity contribution in [3.63, 3.8) is 0 Å². The number of para-hydroxylation sites is 1. The van der Waals surface area contributed by atoms with Crippen molar-refractivity contribution in [2.45, 2.75) is 19.3 Å². The van der Waals surface area contributed by atoms with Gasteiger partial charge in [0, 0.05) is 36.5 Å². The van der Waals surface area contributed by atoms with E-state index in [9.17, 15) is 10.1 Å². The number of hydrogen-bond acceptors (Lipinski definition) is 7. The van der Waals surface area contributed by atoms with Gasteiger partial charge in [0.2, 0.25) is 5.13 Å². The molecule has 1 N–H and O–H groups in total. The Morgan fingerprint density at radius 2 is 2.00 bits per heavy atom. The Kier molecular flexibility index (Phi) is 4.97. The molecule has 1 fully saturated rings. The van der Waals surface area contributed by atoms with Gasteiger partial charge in [0.15, 0.2) is 0 Å². The van der Waals surface area contributed by atoms with Crippen molar-refractivity contribution in [3.05, 3.63) is 58.1 Å². The molecule has 1 aliphatic heterocycles. The first-order valence-electron chi connectivity index (χ1n) is 8.89. The van der Waals surface area contributed by atoms with Gasteiger partial charge >= 0.3 is 0 Å². The summed E-state index contributed by atoms with van der Waals surface area (Å²) in [4.78, 5) is 17.5. The number of nitrogens with one attached hydrogen (secondary N) is 1. The van der Waals surface area contributed by atoms with Crippen molar-refractivity contribution < 1.29 is 4.92 Å². The fourth-order valence-electron chi connectivity index (χ4n) is 3.26. The molecule has 0 spiro atoms. The lowest BCUT2D eigenvalue weighted by molar-refractivity contribution is -0.384. The van der Waals surface area contributed by atoms with E-state index in [4.69, 9.17) is 0 Å². The standard InChI is InChI=1S/C19H19N5O2S/c25-24(26)15-8-9-17(23-10-4-1-5-11-23)14(12-15)13-20-22-19-21-16-6-2-3-7-18(16)27-19/h2-3,6-9,12-13H,1,4-5,10-11H2,(H,21,22)/b20-13-. The summed E-state index contributed by atoms with van der Waals surface area (Å²) in [5, 5.41) is 16.1. The van der Waals surface area contributed by atoms with Crippen molar-refractivity contribution >= 4 is 44.3 Å². The lowest BCUT2D eigenvalue weighted by Crippen LogP contribution is -2.30. The number of aromatic nitrogens is 1. The quantitative estimate of drug-likeness (QED) is 0.395. The van der Waals surface area contributed by atoms with Crippen molar-refractivity contribution in [3.8, 4) is 0 Å². The summed E-state index contributed by atoms with van der Waals surface area (Å²) >= 11 is 1.52. The zero-order chi connectivity index (χ0) is 18.6. The third-order valence-corrected chi connectivity index (χ3v) is 5.52. The van der Waals surface area contributed by atoms with Crippen LogP contribution in [-0.2, 0) is 0 Å². The third-order valence-electron chi connectivity index (χ3n) is 4.58. The summed E-state index contributed by atoms with van der Waals surface area (Å²) in [6.45, 7) is 1.92. The van der Waals surface area contributed by atoms with Crippen molar-refractivity contribution in [2.75, 3.05) is 23.4 Å². The van der Waals surface area contributed by atoms with Gasteiger partial charge in [-0.25, -0.2) is 4.98 Å². The first-order valence-corrected chi connectivity index (χ1v) is 9.70. The van der Waals surface area contributed by atoms with E-state index >= 15 is 0 Å². The number of nitro groups is 1. The number of fused-ring (bicyclic) bond motifs is 1. The highest BCUT2D eigenvalue weighted by Gasteiger charge is 2.17. The molecular weight excluding hydrogens is 362 g/mol. The third kappa shape index (κ3) is 3.90. The number of rotatable bonds is 5. The van der Waals surface area contributed by atoms with Crippen LogP contribution in [0.4, 0.5) is 16.5 Å². The highest BCUT2D eigenvalue weighted by molar-refractivity contribution is 7.22. The maximum absolute atomic E-state index is 11.2. The summed E-state index contributed by atoms with van der Waals surface area (Å²) < 4.78 is 1.08. The van der Waals surface area contributed by atoms with Gasteiger partial charge < -0.3 is 4.90 Å². The molecule has 0 amide bonds. The Labute approximate surface area is 160 Å². The second kappa shape index (κ2) is 7.71. The molecule has 1 saturated heterocycles. The summed E-state index contributed by atoms with van der Waals surface area (Å²) in [7, 11) is 0. The zero-order valence-electron chi connectivity index (χ0n) is 14.7. The largest absolute Gasteiger partial charge is 0.371 e. The Morgan fingerprint density at radius 1 is 1.19 bits per heavy atom. The molecular formula is C19H19N5O2S. The Bertz CT molecular complexity index is 962. The lowest BCUT2D eigenvalue weighted by Gasteiger charge is -2.29. The number of anilines is 2. The molecule has 2 aromatic carbocycles. The van der Waals surface area contributed by atoms with Crippen LogP contribution in [0.3, 0.4) is 0 Å². The van der Waals surface area contributed by atoms with Crippen LogP contribution in [0.15, 0.2) is 47.6 Å². The van der Waals surface area contributed by atoms with Crippen LogP contribution in [0.5, 0.6) is 0 Å². The van der Waals surface area contributed by atoms with E-state index in [1.54, 1.807) is 18.3 Å². The number of nitrogens with zero attached hydrogens (tertiary/aromatic N) is 4. The summed E-state index contributed by atoms with van der Waals surface area (Å²) in [6, 6.07) is 12.8. The molecule has 0 atom stereocenters. The SMILES string of the molecule is O=[N+]([O-])c1ccc(N2CCCCC2)c(/C=N\Nc2nc3ccccc3s2)c1. The molecule has 0 unspecified atom stereocenters. The number of thiazole rings is 1. The molecule has 0 saturated carbocycles. The van der Waals surface area contributed by atoms with Crippen LogP contribution in [0.1, 0.15) is 24.8 Å². The molecule has 0 bridgehead atoms. The van der Waals surface area contributed by atoms with Gasteiger partial charge in [-0.3, -0.25) is 15.5 Å². The number of hydrogen-bond donors (Lipinski definition) is 1. The lowest BCUT2D eigenvalue weighted by atomic mass is 10.1. The predicted molar refractivity (Wildman–Crippen MR) is 110 cm³/mol. The molecule has 1 aromatic heterocycles. The highest BCUT2D eigenvalue weighted by Crippen LogP contribution is 2.28. The second-order valence-electron chi connectivity index (χ2n) is 6.40. The highest BCUT2D eigenvalue weighted by atomic mass is 32.1. The fraction of sp³-hybridized carbons (Fsp3) is 0.263. The smallest absolute Gasteiger partial charge is 0.270 e. The molecule has 3 aromatic rings. The average Bonchev–Trinajstić information content (AvgIpc) is 3.11. The van der Waals surface area contributed by atoms with Crippen LogP contribution in [-0.4, -0.2) is 29.2 Å². The number of hydrazone groups is 1. The summed E-state index contributed by atoms with van der Waals surface area (Å²) in [5.74, 6) is 0. The Hall–Kier alpha value is -3.00. The van der Waals surface area contributed by atoms with Crippen molar-refractivity contribution in [1.82, 2.24) is 4.98 Å². The molecule has 1 aliphatic rings. The predicted octanol–water partition coefficient (Wildman–Crippen LogP) is 4.64. The van der Waals surface area contributed by atoms with E-state index in [1.165, 1.54) is 17.8 Å². The van der Waals surface area contributed by atoms with Crippen molar-refractivity contribution in [2.24, 2.45) is 5.10 Å². The van der Waals surface area contributed by atoms with E-state index < -0.39 is 0 Å².